The van der Waals surface area contributed by atoms with Crippen molar-refractivity contribution < 1.29 is 9.53 Å². The quantitative estimate of drug-likeness (QED) is 0.541. The van der Waals surface area contributed by atoms with Gasteiger partial charge in [-0.25, -0.2) is 0 Å². The SMILES string of the molecule is C[C@H]1C[C@@H](Sc2nnc(-c3ccccc3Br)n2Cc2ccccc2)C(=O)O1. The van der Waals surface area contributed by atoms with Crippen LogP contribution in [0.1, 0.15) is 18.9 Å². The largest absolute Gasteiger partial charge is 0.462 e. The average Bonchev–Trinajstić information content (AvgIpc) is 3.19. The minimum atomic E-state index is -0.245. The fourth-order valence-corrected chi connectivity index (χ4v) is 4.67. The Kier molecular flexibility index (Phi) is 5.31. The van der Waals surface area contributed by atoms with Gasteiger partial charge >= 0.3 is 5.97 Å². The number of ether oxygens (including phenoxy) is 1. The van der Waals surface area contributed by atoms with Gasteiger partial charge in [-0.15, -0.1) is 10.2 Å². The zero-order valence-corrected chi connectivity index (χ0v) is 17.1. The number of hydrogen-bond donors (Lipinski definition) is 0. The Hall–Kier alpha value is -2.12. The van der Waals surface area contributed by atoms with Crippen molar-refractivity contribution in [2.75, 3.05) is 0 Å². The highest BCUT2D eigenvalue weighted by molar-refractivity contribution is 9.10. The van der Waals surface area contributed by atoms with Crippen LogP contribution in [0.15, 0.2) is 64.2 Å². The zero-order chi connectivity index (χ0) is 18.8. The molecule has 0 unspecified atom stereocenters. The molecule has 1 aliphatic rings. The third-order valence-corrected chi connectivity index (χ3v) is 6.26. The predicted octanol–water partition coefficient (Wildman–Crippen LogP) is 4.55. The van der Waals surface area contributed by atoms with E-state index in [2.05, 4.69) is 42.8 Å². The van der Waals surface area contributed by atoms with Crippen LogP contribution in [0.25, 0.3) is 11.4 Å². The van der Waals surface area contributed by atoms with E-state index in [4.69, 9.17) is 4.74 Å². The van der Waals surface area contributed by atoms with Crippen LogP contribution in [0.3, 0.4) is 0 Å². The monoisotopic (exact) mass is 443 g/mol. The van der Waals surface area contributed by atoms with Crippen molar-refractivity contribution in [3.05, 3.63) is 64.6 Å². The summed E-state index contributed by atoms with van der Waals surface area (Å²) in [7, 11) is 0. The van der Waals surface area contributed by atoms with Gasteiger partial charge in [0.15, 0.2) is 11.0 Å². The Balaban J connectivity index is 1.73. The van der Waals surface area contributed by atoms with Crippen LogP contribution in [0.4, 0.5) is 0 Å². The summed E-state index contributed by atoms with van der Waals surface area (Å²) in [5.74, 6) is 0.595. The lowest BCUT2D eigenvalue weighted by molar-refractivity contribution is -0.140. The number of nitrogens with zero attached hydrogens (tertiary/aromatic N) is 3. The lowest BCUT2D eigenvalue weighted by Crippen LogP contribution is -2.12. The van der Waals surface area contributed by atoms with Crippen LogP contribution in [-0.4, -0.2) is 32.1 Å². The highest BCUT2D eigenvalue weighted by Gasteiger charge is 2.34. The van der Waals surface area contributed by atoms with E-state index in [-0.39, 0.29) is 17.3 Å². The standard InChI is InChI=1S/C20H18BrN3O2S/c1-13-11-17(19(25)26-13)27-20-23-22-18(15-9-5-6-10-16(15)21)24(20)12-14-7-3-2-4-8-14/h2-10,13,17H,11-12H2,1H3/t13-,17+/m0/s1. The third-order valence-electron chi connectivity index (χ3n) is 4.39. The Morgan fingerprint density at radius 1 is 1.15 bits per heavy atom. The molecule has 27 heavy (non-hydrogen) atoms. The van der Waals surface area contributed by atoms with E-state index in [0.29, 0.717) is 13.0 Å². The fraction of sp³-hybridized carbons (Fsp3) is 0.250. The highest BCUT2D eigenvalue weighted by Crippen LogP contribution is 2.35. The number of esters is 1. The Morgan fingerprint density at radius 2 is 1.89 bits per heavy atom. The molecule has 3 aromatic rings. The first-order chi connectivity index (χ1) is 13.1. The van der Waals surface area contributed by atoms with Gasteiger partial charge in [-0.05, 0) is 18.6 Å². The predicted molar refractivity (Wildman–Crippen MR) is 109 cm³/mol. The minimum Gasteiger partial charge on any atom is -0.462 e. The molecule has 0 bridgehead atoms. The molecule has 0 saturated carbocycles. The molecule has 2 aromatic carbocycles. The average molecular weight is 444 g/mol. The molecule has 0 aliphatic carbocycles. The molecule has 4 rings (SSSR count). The summed E-state index contributed by atoms with van der Waals surface area (Å²) in [4.78, 5) is 12.1. The fourth-order valence-electron chi connectivity index (χ4n) is 3.07. The number of cyclic esters (lactones) is 1. The van der Waals surface area contributed by atoms with Gasteiger partial charge in [-0.1, -0.05) is 76.2 Å². The molecular weight excluding hydrogens is 426 g/mol. The Bertz CT molecular complexity index is 961. The maximum Gasteiger partial charge on any atom is 0.319 e. The van der Waals surface area contributed by atoms with Gasteiger partial charge in [0, 0.05) is 16.5 Å². The van der Waals surface area contributed by atoms with Gasteiger partial charge in [0.2, 0.25) is 0 Å². The molecule has 1 aliphatic heterocycles. The first kappa shape index (κ1) is 18.3. The van der Waals surface area contributed by atoms with Gasteiger partial charge in [0.05, 0.1) is 6.54 Å². The number of carbonyl (C=O) groups is 1. The molecule has 0 radical (unpaired) electrons. The van der Waals surface area contributed by atoms with E-state index >= 15 is 0 Å². The molecule has 7 heteroatoms. The summed E-state index contributed by atoms with van der Waals surface area (Å²) in [6.07, 6.45) is 0.634. The molecule has 1 aromatic heterocycles. The smallest absolute Gasteiger partial charge is 0.319 e. The van der Waals surface area contributed by atoms with Crippen molar-refractivity contribution in [1.29, 1.82) is 0 Å². The Labute approximate surface area is 170 Å². The third kappa shape index (κ3) is 3.94. The highest BCUT2D eigenvalue weighted by atomic mass is 79.9. The summed E-state index contributed by atoms with van der Waals surface area (Å²) >= 11 is 5.04. The summed E-state index contributed by atoms with van der Waals surface area (Å²) in [5, 5.41) is 9.32. The molecule has 0 spiro atoms. The molecule has 2 heterocycles. The second-order valence-electron chi connectivity index (χ2n) is 6.45. The van der Waals surface area contributed by atoms with Crippen molar-refractivity contribution in [1.82, 2.24) is 14.8 Å². The maximum absolute atomic E-state index is 12.1. The van der Waals surface area contributed by atoms with E-state index in [1.54, 1.807) is 0 Å². The van der Waals surface area contributed by atoms with E-state index in [9.17, 15) is 4.79 Å². The lowest BCUT2D eigenvalue weighted by atomic mass is 10.2. The van der Waals surface area contributed by atoms with E-state index in [1.165, 1.54) is 11.8 Å². The second-order valence-corrected chi connectivity index (χ2v) is 8.47. The molecule has 2 atom stereocenters. The zero-order valence-electron chi connectivity index (χ0n) is 14.7. The number of thioether (sulfide) groups is 1. The maximum atomic E-state index is 12.1. The van der Waals surface area contributed by atoms with Crippen LogP contribution in [0, 0.1) is 0 Å². The molecule has 5 nitrogen and oxygen atoms in total. The first-order valence-electron chi connectivity index (χ1n) is 8.71. The second kappa shape index (κ2) is 7.86. The lowest BCUT2D eigenvalue weighted by Gasteiger charge is -2.12. The molecule has 0 N–H and O–H groups in total. The molecule has 0 amide bonds. The molecule has 1 saturated heterocycles. The van der Waals surface area contributed by atoms with Gasteiger partial charge in [0.1, 0.15) is 11.4 Å². The van der Waals surface area contributed by atoms with Gasteiger partial charge in [-0.2, -0.15) is 0 Å². The molecule has 138 valence electrons. The number of carbonyl (C=O) groups excluding carboxylic acids is 1. The van der Waals surface area contributed by atoms with E-state index in [1.807, 2.05) is 49.4 Å². The number of hydrogen-bond acceptors (Lipinski definition) is 5. The van der Waals surface area contributed by atoms with E-state index in [0.717, 1.165) is 26.6 Å². The number of halogens is 1. The molecule has 1 fully saturated rings. The summed E-state index contributed by atoms with van der Waals surface area (Å²) in [6, 6.07) is 18.1. The van der Waals surface area contributed by atoms with Crippen LogP contribution >= 0.6 is 27.7 Å². The molecular formula is C20H18BrN3O2S. The number of aromatic nitrogens is 3. The topological polar surface area (TPSA) is 57.0 Å². The van der Waals surface area contributed by atoms with Crippen molar-refractivity contribution >= 4 is 33.7 Å². The van der Waals surface area contributed by atoms with Crippen molar-refractivity contribution in [2.24, 2.45) is 0 Å². The van der Waals surface area contributed by atoms with Crippen LogP contribution in [-0.2, 0) is 16.1 Å². The first-order valence-corrected chi connectivity index (χ1v) is 10.4. The summed E-state index contributed by atoms with van der Waals surface area (Å²) in [5.41, 5.74) is 2.12. The summed E-state index contributed by atoms with van der Waals surface area (Å²) < 4.78 is 8.31. The van der Waals surface area contributed by atoms with E-state index < -0.39 is 0 Å². The normalized spacial score (nSPS) is 19.3. The van der Waals surface area contributed by atoms with Crippen LogP contribution < -0.4 is 0 Å². The Morgan fingerprint density at radius 3 is 2.59 bits per heavy atom. The number of benzene rings is 2. The van der Waals surface area contributed by atoms with Crippen molar-refractivity contribution in [3.8, 4) is 11.4 Å². The van der Waals surface area contributed by atoms with Crippen molar-refractivity contribution in [3.63, 3.8) is 0 Å². The number of rotatable bonds is 5. The van der Waals surface area contributed by atoms with Gasteiger partial charge in [-0.3, -0.25) is 9.36 Å². The van der Waals surface area contributed by atoms with Crippen LogP contribution in [0.5, 0.6) is 0 Å². The summed E-state index contributed by atoms with van der Waals surface area (Å²) in [6.45, 7) is 2.55. The van der Waals surface area contributed by atoms with Gasteiger partial charge in [0.25, 0.3) is 0 Å². The van der Waals surface area contributed by atoms with Gasteiger partial charge < -0.3 is 4.74 Å². The van der Waals surface area contributed by atoms with Crippen LogP contribution in [0.2, 0.25) is 0 Å². The minimum absolute atomic E-state index is 0.0526. The van der Waals surface area contributed by atoms with Crippen molar-refractivity contribution in [2.45, 2.75) is 36.4 Å².